The Balaban J connectivity index is 1.45. The Morgan fingerprint density at radius 1 is 1.36 bits per heavy atom. The van der Waals surface area contributed by atoms with E-state index in [-0.39, 0.29) is 5.56 Å². The van der Waals surface area contributed by atoms with E-state index in [0.717, 1.165) is 36.1 Å². The first-order valence-corrected chi connectivity index (χ1v) is 9.78. The summed E-state index contributed by atoms with van der Waals surface area (Å²) in [4.78, 5) is 30.0. The molecule has 1 N–H and O–H groups in total. The van der Waals surface area contributed by atoms with Crippen molar-refractivity contribution in [2.45, 2.75) is 38.7 Å². The number of aryl methyl sites for hydroxylation is 1. The van der Waals surface area contributed by atoms with Crippen LogP contribution in [0.3, 0.4) is 0 Å². The Hall–Kier alpha value is -3.18. The molecular weight excluding hydrogens is 378 g/mol. The predicted octanol–water partition coefficient (Wildman–Crippen LogP) is 3.82. The molecule has 0 fully saturated rings. The van der Waals surface area contributed by atoms with Gasteiger partial charge >= 0.3 is 5.97 Å². The minimum absolute atomic E-state index is 0.271. The lowest BCUT2D eigenvalue weighted by atomic mass is 9.96. The van der Waals surface area contributed by atoms with Crippen LogP contribution < -0.4 is 5.32 Å². The number of oxazole rings is 1. The second-order valence-corrected chi connectivity index (χ2v) is 7.70. The van der Waals surface area contributed by atoms with E-state index >= 15 is 0 Å². The van der Waals surface area contributed by atoms with Gasteiger partial charge in [0.05, 0.1) is 11.1 Å². The summed E-state index contributed by atoms with van der Waals surface area (Å²) in [6, 6.07) is 6.94. The summed E-state index contributed by atoms with van der Waals surface area (Å²) in [6.07, 6.45) is 4.22. The van der Waals surface area contributed by atoms with Crippen LogP contribution in [0.1, 0.15) is 46.1 Å². The molecule has 8 heteroatoms. The number of anilines is 1. The van der Waals surface area contributed by atoms with Crippen LogP contribution in [0.4, 0.5) is 5.00 Å². The van der Waals surface area contributed by atoms with Gasteiger partial charge in [0.15, 0.2) is 18.1 Å². The largest absolute Gasteiger partial charge is 0.449 e. The Morgan fingerprint density at radius 2 is 2.18 bits per heavy atom. The number of fused-ring (bicyclic) bond motifs is 2. The molecule has 0 radical (unpaired) electrons. The summed E-state index contributed by atoms with van der Waals surface area (Å²) < 4.78 is 10.5. The molecule has 7 nitrogen and oxygen atoms in total. The molecule has 0 aliphatic heterocycles. The summed E-state index contributed by atoms with van der Waals surface area (Å²) >= 11 is 1.44. The van der Waals surface area contributed by atoms with Gasteiger partial charge in [-0.1, -0.05) is 0 Å². The highest BCUT2D eigenvalue weighted by atomic mass is 32.1. The highest BCUT2D eigenvalue weighted by Gasteiger charge is 2.25. The van der Waals surface area contributed by atoms with Crippen LogP contribution in [-0.2, 0) is 22.4 Å². The third kappa shape index (κ3) is 3.37. The Morgan fingerprint density at radius 3 is 3.00 bits per heavy atom. The van der Waals surface area contributed by atoms with Gasteiger partial charge in [0.1, 0.15) is 16.6 Å². The zero-order valence-corrected chi connectivity index (χ0v) is 16.0. The number of thiophene rings is 1. The Labute approximate surface area is 164 Å². The fourth-order valence-electron chi connectivity index (χ4n) is 3.25. The first-order chi connectivity index (χ1) is 13.6. The molecule has 1 aromatic carbocycles. The van der Waals surface area contributed by atoms with Gasteiger partial charge in [-0.3, -0.25) is 4.79 Å². The van der Waals surface area contributed by atoms with E-state index in [1.807, 2.05) is 0 Å². The monoisotopic (exact) mass is 395 g/mol. The fourth-order valence-corrected chi connectivity index (χ4v) is 4.49. The van der Waals surface area contributed by atoms with Crippen molar-refractivity contribution < 1.29 is 18.7 Å². The zero-order chi connectivity index (χ0) is 19.7. The number of amides is 1. The standard InChI is InChI=1S/C20H17N3O4S/c1-11(27-20(25)12-6-7-15-16(8-12)26-10-22-15)18(24)23-19-14(9-21)13-4-2-3-5-17(13)28-19/h6-8,10-11H,2-5H2,1H3,(H,23,24). The quantitative estimate of drug-likeness (QED) is 0.673. The maximum Gasteiger partial charge on any atom is 0.339 e. The summed E-state index contributed by atoms with van der Waals surface area (Å²) in [5.41, 5.74) is 2.94. The van der Waals surface area contributed by atoms with Gasteiger partial charge in [-0.25, -0.2) is 9.78 Å². The van der Waals surface area contributed by atoms with E-state index in [1.165, 1.54) is 30.7 Å². The lowest BCUT2D eigenvalue weighted by molar-refractivity contribution is -0.123. The van der Waals surface area contributed by atoms with Crippen molar-refractivity contribution in [3.8, 4) is 6.07 Å². The van der Waals surface area contributed by atoms with Gasteiger partial charge in [0.25, 0.3) is 5.91 Å². The van der Waals surface area contributed by atoms with E-state index in [0.29, 0.717) is 21.7 Å². The molecule has 1 atom stereocenters. The molecule has 0 bridgehead atoms. The highest BCUT2D eigenvalue weighted by molar-refractivity contribution is 7.16. The summed E-state index contributed by atoms with van der Waals surface area (Å²) in [6.45, 7) is 1.50. The van der Waals surface area contributed by atoms with Crippen molar-refractivity contribution in [3.63, 3.8) is 0 Å². The van der Waals surface area contributed by atoms with Gasteiger partial charge in [0, 0.05) is 4.88 Å². The number of carbonyl (C=O) groups is 2. The molecule has 0 saturated heterocycles. The number of hydrogen-bond donors (Lipinski definition) is 1. The van der Waals surface area contributed by atoms with Crippen LogP contribution in [-0.4, -0.2) is 23.0 Å². The number of rotatable bonds is 4. The third-order valence-corrected chi connectivity index (χ3v) is 5.95. The van der Waals surface area contributed by atoms with E-state index in [4.69, 9.17) is 9.15 Å². The summed E-state index contributed by atoms with van der Waals surface area (Å²) in [5, 5.41) is 12.8. The van der Waals surface area contributed by atoms with Crippen LogP contribution in [0, 0.1) is 11.3 Å². The van der Waals surface area contributed by atoms with Crippen molar-refractivity contribution in [2.75, 3.05) is 5.32 Å². The maximum absolute atomic E-state index is 12.5. The molecule has 1 amide bonds. The molecule has 142 valence electrons. The first-order valence-electron chi connectivity index (χ1n) is 8.96. The van der Waals surface area contributed by atoms with Crippen LogP contribution in [0.25, 0.3) is 11.1 Å². The average molecular weight is 395 g/mol. The fraction of sp³-hybridized carbons (Fsp3) is 0.300. The second-order valence-electron chi connectivity index (χ2n) is 6.60. The van der Waals surface area contributed by atoms with Gasteiger partial charge < -0.3 is 14.5 Å². The maximum atomic E-state index is 12.5. The van der Waals surface area contributed by atoms with E-state index < -0.39 is 18.0 Å². The van der Waals surface area contributed by atoms with Crippen molar-refractivity contribution >= 4 is 39.3 Å². The molecule has 2 heterocycles. The van der Waals surface area contributed by atoms with Crippen molar-refractivity contribution in [2.24, 2.45) is 0 Å². The smallest absolute Gasteiger partial charge is 0.339 e. The number of aromatic nitrogens is 1. The third-order valence-electron chi connectivity index (χ3n) is 4.74. The molecule has 3 aromatic rings. The van der Waals surface area contributed by atoms with Crippen molar-refractivity contribution in [1.29, 1.82) is 5.26 Å². The molecule has 28 heavy (non-hydrogen) atoms. The van der Waals surface area contributed by atoms with E-state index in [1.54, 1.807) is 12.1 Å². The van der Waals surface area contributed by atoms with Gasteiger partial charge in [-0.05, 0) is 56.4 Å². The minimum Gasteiger partial charge on any atom is -0.449 e. The molecular formula is C20H17N3O4S. The van der Waals surface area contributed by atoms with Crippen LogP contribution in [0.15, 0.2) is 29.0 Å². The molecule has 1 aliphatic rings. The topological polar surface area (TPSA) is 105 Å². The lowest BCUT2D eigenvalue weighted by Crippen LogP contribution is -2.30. The number of benzene rings is 1. The number of nitrogens with one attached hydrogen (secondary N) is 1. The molecule has 1 unspecified atom stereocenters. The number of esters is 1. The SMILES string of the molecule is CC(OC(=O)c1ccc2ncoc2c1)C(=O)Nc1sc2c(c1C#N)CCCC2. The van der Waals surface area contributed by atoms with E-state index in [9.17, 15) is 14.9 Å². The number of carbonyl (C=O) groups excluding carboxylic acids is 2. The van der Waals surface area contributed by atoms with Crippen molar-refractivity contribution in [1.82, 2.24) is 4.98 Å². The van der Waals surface area contributed by atoms with Crippen LogP contribution in [0.2, 0.25) is 0 Å². The molecule has 1 aliphatic carbocycles. The minimum atomic E-state index is -1.01. The van der Waals surface area contributed by atoms with Gasteiger partial charge in [-0.2, -0.15) is 5.26 Å². The van der Waals surface area contributed by atoms with Gasteiger partial charge in [0.2, 0.25) is 0 Å². The number of ether oxygens (including phenoxy) is 1. The van der Waals surface area contributed by atoms with Crippen LogP contribution >= 0.6 is 11.3 Å². The normalized spacial score (nSPS) is 14.1. The molecule has 0 spiro atoms. The first kappa shape index (κ1) is 18.2. The van der Waals surface area contributed by atoms with Crippen LogP contribution in [0.5, 0.6) is 0 Å². The van der Waals surface area contributed by atoms with E-state index in [2.05, 4.69) is 16.4 Å². The molecule has 0 saturated carbocycles. The highest BCUT2D eigenvalue weighted by Crippen LogP contribution is 2.37. The summed E-state index contributed by atoms with van der Waals surface area (Å²) in [7, 11) is 0. The number of nitriles is 1. The summed E-state index contributed by atoms with van der Waals surface area (Å²) in [5.74, 6) is -1.10. The second kappa shape index (κ2) is 7.44. The Bertz CT molecular complexity index is 1110. The Kier molecular flexibility index (Phi) is 4.84. The predicted molar refractivity (Wildman–Crippen MR) is 103 cm³/mol. The zero-order valence-electron chi connectivity index (χ0n) is 15.2. The number of nitrogens with zero attached hydrogens (tertiary/aromatic N) is 2. The average Bonchev–Trinajstić information content (AvgIpc) is 3.30. The lowest BCUT2D eigenvalue weighted by Gasteiger charge is -2.13. The van der Waals surface area contributed by atoms with Crippen molar-refractivity contribution in [3.05, 3.63) is 46.2 Å². The van der Waals surface area contributed by atoms with Gasteiger partial charge in [-0.15, -0.1) is 11.3 Å². The number of hydrogen-bond acceptors (Lipinski definition) is 7. The molecule has 4 rings (SSSR count). The molecule has 2 aromatic heterocycles.